The summed E-state index contributed by atoms with van der Waals surface area (Å²) in [4.78, 5) is 38.5. The molecule has 0 aromatic carbocycles. The van der Waals surface area contributed by atoms with Gasteiger partial charge in [0.1, 0.15) is 24.4 Å². The molecule has 0 saturated carbocycles. The predicted octanol–water partition coefficient (Wildman–Crippen LogP) is -21.6. The summed E-state index contributed by atoms with van der Waals surface area (Å²) in [5.41, 5.74) is 0. The van der Waals surface area contributed by atoms with E-state index in [9.17, 15) is 39.6 Å². The Balaban J connectivity index is -0.0000000579. The molecule has 0 aliphatic rings. The van der Waals surface area contributed by atoms with Crippen LogP contribution in [0.2, 0.25) is 0 Å². The van der Waals surface area contributed by atoms with Crippen molar-refractivity contribution in [3.8, 4) is 0 Å². The van der Waals surface area contributed by atoms with E-state index in [1.54, 1.807) is 0 Å². The number of carbonyl (C=O) groups excluding carboxylic acids is 4. The molecule has 0 heterocycles. The van der Waals surface area contributed by atoms with Crippen molar-refractivity contribution in [1.82, 2.24) is 0 Å². The van der Waals surface area contributed by atoms with Crippen molar-refractivity contribution in [1.29, 1.82) is 0 Å². The molecule has 0 rings (SSSR count). The minimum absolute atomic E-state index is 0. The molecular formula is C8H8Li4O12. The maximum Gasteiger partial charge on any atom is 1.00 e. The van der Waals surface area contributed by atoms with Gasteiger partial charge in [0.15, 0.2) is 0 Å². The van der Waals surface area contributed by atoms with Gasteiger partial charge in [-0.15, -0.1) is 0 Å². The molecular weight excluding hydrogens is 316 g/mol. The Hall–Kier alpha value is 0.110. The van der Waals surface area contributed by atoms with Gasteiger partial charge in [0.2, 0.25) is 0 Å². The van der Waals surface area contributed by atoms with Crippen molar-refractivity contribution < 1.29 is 135 Å². The van der Waals surface area contributed by atoms with Crippen LogP contribution in [0.25, 0.3) is 0 Å². The Labute approximate surface area is 182 Å². The summed E-state index contributed by atoms with van der Waals surface area (Å²) in [7, 11) is 0. The van der Waals surface area contributed by atoms with Gasteiger partial charge in [-0.05, 0) is 0 Å². The number of carbonyl (C=O) groups is 4. The van der Waals surface area contributed by atoms with Gasteiger partial charge in [-0.2, -0.15) is 0 Å². The van der Waals surface area contributed by atoms with E-state index in [4.69, 9.17) is 20.4 Å². The van der Waals surface area contributed by atoms with Crippen LogP contribution >= 0.6 is 0 Å². The van der Waals surface area contributed by atoms with E-state index in [0.29, 0.717) is 0 Å². The number of carboxylic acids is 4. The molecule has 4 unspecified atom stereocenters. The van der Waals surface area contributed by atoms with Gasteiger partial charge in [-0.25, -0.2) is 0 Å². The molecule has 4 atom stereocenters. The molecule has 4 N–H and O–H groups in total. The van der Waals surface area contributed by atoms with Crippen LogP contribution in [0.4, 0.5) is 0 Å². The zero-order valence-corrected chi connectivity index (χ0v) is 13.4. The second-order valence-electron chi connectivity index (χ2n) is 3.06. The van der Waals surface area contributed by atoms with E-state index in [1.807, 2.05) is 0 Å². The molecule has 0 amide bonds. The van der Waals surface area contributed by atoms with E-state index in [-0.39, 0.29) is 75.4 Å². The number of hydrogen-bond donors (Lipinski definition) is 4. The second kappa shape index (κ2) is 19.4. The van der Waals surface area contributed by atoms with Crippen LogP contribution in [0.5, 0.6) is 0 Å². The maximum atomic E-state index is 9.63. The zero-order valence-electron chi connectivity index (χ0n) is 13.4. The molecule has 116 valence electrons. The standard InChI is InChI=1S/2C4H6O6.4Li/c2*5-1(3(7)8)2(6)4(9)10;;;;/h2*1-2,5-6H,(H,7,8)(H,9,10);;;;/q;;4*+1/p-4. The monoisotopic (exact) mass is 324 g/mol. The summed E-state index contributed by atoms with van der Waals surface area (Å²) < 4.78 is 0. The van der Waals surface area contributed by atoms with Crippen LogP contribution in [0, 0.1) is 0 Å². The largest absolute Gasteiger partial charge is 1.00 e. The fourth-order valence-corrected chi connectivity index (χ4v) is 0.516. The fourth-order valence-electron chi connectivity index (χ4n) is 0.516. The van der Waals surface area contributed by atoms with Crippen LogP contribution in [0.15, 0.2) is 0 Å². The molecule has 0 aromatic heterocycles. The predicted molar refractivity (Wildman–Crippen MR) is 44.1 cm³/mol. The first-order valence-corrected chi connectivity index (χ1v) is 4.49. The van der Waals surface area contributed by atoms with Crippen molar-refractivity contribution >= 4 is 23.9 Å². The number of hydrogen-bond acceptors (Lipinski definition) is 12. The normalized spacial score (nSPS) is 13.2. The third kappa shape index (κ3) is 16.9. The van der Waals surface area contributed by atoms with Crippen molar-refractivity contribution in [2.75, 3.05) is 0 Å². The third-order valence-electron chi connectivity index (χ3n) is 1.56. The van der Waals surface area contributed by atoms with Crippen LogP contribution in [-0.4, -0.2) is 68.7 Å². The van der Waals surface area contributed by atoms with E-state index >= 15 is 0 Å². The Kier molecular flexibility index (Phi) is 31.8. The molecule has 12 nitrogen and oxygen atoms in total. The van der Waals surface area contributed by atoms with Gasteiger partial charge in [-0.1, -0.05) is 0 Å². The van der Waals surface area contributed by atoms with Crippen LogP contribution in [0.1, 0.15) is 0 Å². The first-order valence-electron chi connectivity index (χ1n) is 4.49. The molecule has 0 radical (unpaired) electrons. The molecule has 0 aromatic rings. The molecule has 0 fully saturated rings. The number of aliphatic hydroxyl groups excluding tert-OH is 4. The Morgan fingerprint density at radius 1 is 0.458 bits per heavy atom. The third-order valence-corrected chi connectivity index (χ3v) is 1.56. The number of rotatable bonds is 6. The van der Waals surface area contributed by atoms with Crippen molar-refractivity contribution in [2.24, 2.45) is 0 Å². The smallest absolute Gasteiger partial charge is 0.547 e. The molecule has 0 spiro atoms. The summed E-state index contributed by atoms with van der Waals surface area (Å²) in [5.74, 6) is -8.23. The van der Waals surface area contributed by atoms with Crippen LogP contribution in [0.3, 0.4) is 0 Å². The number of carboxylic acid groups (broad SMARTS) is 4. The van der Waals surface area contributed by atoms with Crippen molar-refractivity contribution in [2.45, 2.75) is 24.4 Å². The average molecular weight is 324 g/mol. The van der Waals surface area contributed by atoms with E-state index < -0.39 is 48.3 Å². The molecule has 16 heteroatoms. The molecule has 0 aliphatic carbocycles. The summed E-state index contributed by atoms with van der Waals surface area (Å²) in [6, 6.07) is 0. The Morgan fingerprint density at radius 2 is 0.542 bits per heavy atom. The van der Waals surface area contributed by atoms with Crippen molar-refractivity contribution in [3.63, 3.8) is 0 Å². The van der Waals surface area contributed by atoms with Crippen molar-refractivity contribution in [3.05, 3.63) is 0 Å². The summed E-state index contributed by atoms with van der Waals surface area (Å²) in [6.07, 6.45) is -9.76. The first-order chi connectivity index (χ1) is 8.93. The van der Waals surface area contributed by atoms with Gasteiger partial charge in [0.25, 0.3) is 0 Å². The molecule has 24 heavy (non-hydrogen) atoms. The minimum atomic E-state index is -2.44. The average Bonchev–Trinajstić information content (AvgIpc) is 2.35. The zero-order chi connectivity index (χ0) is 16.6. The van der Waals surface area contributed by atoms with Crippen LogP contribution in [-0.2, 0) is 19.2 Å². The van der Waals surface area contributed by atoms with Gasteiger partial charge in [0, 0.05) is 0 Å². The van der Waals surface area contributed by atoms with Gasteiger partial charge < -0.3 is 60.0 Å². The second-order valence-corrected chi connectivity index (χ2v) is 3.06. The fraction of sp³-hybridized carbons (Fsp3) is 0.500. The van der Waals surface area contributed by atoms with Crippen LogP contribution < -0.4 is 95.9 Å². The SMILES string of the molecule is O=C([O-])C(O)C(O)C(=O)[O-].O=C([O-])C(O)C(O)C(=O)[O-].[Li+].[Li+].[Li+].[Li+]. The van der Waals surface area contributed by atoms with E-state index in [0.717, 1.165) is 0 Å². The Bertz CT molecular complexity index is 319. The number of aliphatic carboxylic acids is 4. The first kappa shape index (κ1) is 39.3. The quantitative estimate of drug-likeness (QED) is 0.333. The van der Waals surface area contributed by atoms with E-state index in [1.165, 1.54) is 0 Å². The maximum absolute atomic E-state index is 9.63. The molecule has 0 aliphatic heterocycles. The van der Waals surface area contributed by atoms with Gasteiger partial charge in [-0.3, -0.25) is 0 Å². The van der Waals surface area contributed by atoms with Gasteiger partial charge >= 0.3 is 75.4 Å². The van der Waals surface area contributed by atoms with Gasteiger partial charge in [0.05, 0.1) is 23.9 Å². The Morgan fingerprint density at radius 3 is 0.583 bits per heavy atom. The minimum Gasteiger partial charge on any atom is -0.547 e. The van der Waals surface area contributed by atoms with E-state index in [2.05, 4.69) is 0 Å². The summed E-state index contributed by atoms with van der Waals surface area (Å²) in [6.45, 7) is 0. The molecule has 0 saturated heterocycles. The topological polar surface area (TPSA) is 241 Å². The molecule has 0 bridgehead atoms. The summed E-state index contributed by atoms with van der Waals surface area (Å²) >= 11 is 0. The summed E-state index contributed by atoms with van der Waals surface area (Å²) in [5, 5.41) is 71.5. The number of aliphatic hydroxyl groups is 4.